The van der Waals surface area contributed by atoms with E-state index < -0.39 is 11.8 Å². The Morgan fingerprint density at radius 1 is 0.850 bits per heavy atom. The second-order valence-electron chi connectivity index (χ2n) is 4.63. The van der Waals surface area contributed by atoms with Gasteiger partial charge in [-0.05, 0) is 23.3 Å². The number of carbonyl (C=O) groups excluding carboxylic acids is 2. The fourth-order valence-electron chi connectivity index (χ4n) is 2.37. The van der Waals surface area contributed by atoms with Crippen LogP contribution in [0.2, 0.25) is 0 Å². The van der Waals surface area contributed by atoms with Gasteiger partial charge in [0.25, 0.3) is 0 Å². The van der Waals surface area contributed by atoms with Crippen LogP contribution in [0.25, 0.3) is 0 Å². The minimum atomic E-state index is -0.564. The van der Waals surface area contributed by atoms with Gasteiger partial charge in [0.05, 0.1) is 0 Å². The summed E-state index contributed by atoms with van der Waals surface area (Å²) < 4.78 is 0. The fourth-order valence-corrected chi connectivity index (χ4v) is 2.37. The molecular weight excluding hydrogens is 252 g/mol. The summed E-state index contributed by atoms with van der Waals surface area (Å²) in [6.07, 6.45) is 0. The quantitative estimate of drug-likeness (QED) is 0.889. The predicted molar refractivity (Wildman–Crippen MR) is 77.4 cm³/mol. The third-order valence-corrected chi connectivity index (χ3v) is 3.37. The van der Waals surface area contributed by atoms with Crippen molar-refractivity contribution in [2.75, 3.05) is 0 Å². The van der Waals surface area contributed by atoms with E-state index in [4.69, 9.17) is 11.5 Å². The highest BCUT2D eigenvalue weighted by molar-refractivity contribution is 6.01. The highest BCUT2D eigenvalue weighted by atomic mass is 16.1. The average Bonchev–Trinajstić information content (AvgIpc) is 2.46. The summed E-state index contributed by atoms with van der Waals surface area (Å²) in [6, 6.07) is 14.4. The van der Waals surface area contributed by atoms with Crippen molar-refractivity contribution in [1.29, 1.82) is 0 Å². The van der Waals surface area contributed by atoms with Crippen LogP contribution in [0, 0.1) is 0 Å². The highest BCUT2D eigenvalue weighted by Crippen LogP contribution is 2.29. The molecule has 102 valence electrons. The summed E-state index contributed by atoms with van der Waals surface area (Å²) in [6.45, 7) is 1.92. The average molecular weight is 268 g/mol. The number of rotatable bonds is 4. The predicted octanol–water partition coefficient (Wildman–Crippen LogP) is 2.04. The zero-order valence-electron chi connectivity index (χ0n) is 11.2. The monoisotopic (exact) mass is 268 g/mol. The number of nitrogens with two attached hydrogens (primary N) is 2. The van der Waals surface area contributed by atoms with E-state index in [1.165, 1.54) is 0 Å². The van der Waals surface area contributed by atoms with Gasteiger partial charge in [0.1, 0.15) is 0 Å². The van der Waals surface area contributed by atoms with Crippen LogP contribution in [-0.2, 0) is 0 Å². The van der Waals surface area contributed by atoms with Crippen molar-refractivity contribution < 1.29 is 9.59 Å². The largest absolute Gasteiger partial charge is 0.366 e. The molecule has 4 N–H and O–H groups in total. The van der Waals surface area contributed by atoms with Gasteiger partial charge in [0.15, 0.2) is 0 Å². The van der Waals surface area contributed by atoms with Crippen molar-refractivity contribution in [1.82, 2.24) is 0 Å². The molecule has 0 aliphatic rings. The molecule has 0 radical (unpaired) electrons. The zero-order valence-corrected chi connectivity index (χ0v) is 11.2. The molecule has 0 unspecified atom stereocenters. The molecular formula is C16H16N2O2. The number of benzene rings is 2. The smallest absolute Gasteiger partial charge is 0.249 e. The van der Waals surface area contributed by atoms with Crippen molar-refractivity contribution in [3.8, 4) is 0 Å². The van der Waals surface area contributed by atoms with Gasteiger partial charge in [0.2, 0.25) is 11.8 Å². The maximum atomic E-state index is 11.6. The van der Waals surface area contributed by atoms with E-state index in [-0.39, 0.29) is 5.92 Å². The first kappa shape index (κ1) is 13.8. The molecule has 4 nitrogen and oxygen atoms in total. The minimum absolute atomic E-state index is 0.151. The number of hydrogen-bond acceptors (Lipinski definition) is 2. The molecule has 2 rings (SSSR count). The van der Waals surface area contributed by atoms with E-state index in [1.54, 1.807) is 18.2 Å². The van der Waals surface area contributed by atoms with Crippen molar-refractivity contribution in [3.63, 3.8) is 0 Å². The van der Waals surface area contributed by atoms with Gasteiger partial charge in [-0.3, -0.25) is 9.59 Å². The molecule has 0 heterocycles. The van der Waals surface area contributed by atoms with Crippen molar-refractivity contribution in [2.45, 2.75) is 12.8 Å². The topological polar surface area (TPSA) is 86.2 Å². The first-order valence-electron chi connectivity index (χ1n) is 6.29. The third-order valence-electron chi connectivity index (χ3n) is 3.37. The van der Waals surface area contributed by atoms with E-state index in [9.17, 15) is 9.59 Å². The summed E-state index contributed by atoms with van der Waals surface area (Å²) >= 11 is 0. The number of carbonyl (C=O) groups is 2. The first-order valence-corrected chi connectivity index (χ1v) is 6.29. The standard InChI is InChI=1S/C16H16N2O2/c1-10(11-6-3-2-4-7-11)14-12(15(17)19)8-5-9-13(14)16(18)20/h2-10H,1H3,(H2,17,19)(H2,18,20)/t10-/m1/s1. The Hall–Kier alpha value is -2.62. The van der Waals surface area contributed by atoms with Gasteiger partial charge in [-0.2, -0.15) is 0 Å². The van der Waals surface area contributed by atoms with Gasteiger partial charge in [-0.1, -0.05) is 43.3 Å². The van der Waals surface area contributed by atoms with Crippen LogP contribution in [0.1, 0.15) is 44.7 Å². The molecule has 4 heteroatoms. The highest BCUT2D eigenvalue weighted by Gasteiger charge is 2.21. The normalized spacial score (nSPS) is 11.8. The van der Waals surface area contributed by atoms with Crippen molar-refractivity contribution in [3.05, 3.63) is 70.8 Å². The fraction of sp³-hybridized carbons (Fsp3) is 0.125. The Kier molecular flexibility index (Phi) is 3.84. The lowest BCUT2D eigenvalue weighted by atomic mass is 9.85. The molecule has 2 aromatic carbocycles. The van der Waals surface area contributed by atoms with E-state index in [1.807, 2.05) is 37.3 Å². The summed E-state index contributed by atoms with van der Waals surface area (Å²) in [5.74, 6) is -1.28. The molecule has 0 bridgehead atoms. The molecule has 0 saturated carbocycles. The van der Waals surface area contributed by atoms with Crippen LogP contribution in [0.5, 0.6) is 0 Å². The van der Waals surface area contributed by atoms with Crippen LogP contribution in [0.15, 0.2) is 48.5 Å². The van der Waals surface area contributed by atoms with Crippen LogP contribution in [0.3, 0.4) is 0 Å². The van der Waals surface area contributed by atoms with E-state index in [0.29, 0.717) is 16.7 Å². The van der Waals surface area contributed by atoms with Crippen LogP contribution < -0.4 is 11.5 Å². The lowest BCUT2D eigenvalue weighted by Crippen LogP contribution is -2.21. The number of primary amides is 2. The second-order valence-corrected chi connectivity index (χ2v) is 4.63. The van der Waals surface area contributed by atoms with E-state index in [0.717, 1.165) is 5.56 Å². The molecule has 0 spiro atoms. The van der Waals surface area contributed by atoms with Crippen molar-refractivity contribution in [2.24, 2.45) is 11.5 Å². The van der Waals surface area contributed by atoms with Crippen LogP contribution >= 0.6 is 0 Å². The number of amides is 2. The molecule has 0 fully saturated rings. The third kappa shape index (κ3) is 2.54. The molecule has 20 heavy (non-hydrogen) atoms. The summed E-state index contributed by atoms with van der Waals surface area (Å²) in [5, 5.41) is 0. The molecule has 0 saturated heterocycles. The Labute approximate surface area is 117 Å². The molecule has 2 aromatic rings. The van der Waals surface area contributed by atoms with Gasteiger partial charge in [0, 0.05) is 17.0 Å². The first-order chi connectivity index (χ1) is 9.52. The molecule has 2 amide bonds. The summed E-state index contributed by atoms with van der Waals surface area (Å²) in [7, 11) is 0. The second kappa shape index (κ2) is 5.57. The minimum Gasteiger partial charge on any atom is -0.366 e. The maximum absolute atomic E-state index is 11.6. The van der Waals surface area contributed by atoms with Crippen LogP contribution in [0.4, 0.5) is 0 Å². The Morgan fingerprint density at radius 2 is 1.35 bits per heavy atom. The molecule has 1 atom stereocenters. The Balaban J connectivity index is 2.64. The van der Waals surface area contributed by atoms with Gasteiger partial charge < -0.3 is 11.5 Å². The van der Waals surface area contributed by atoms with E-state index in [2.05, 4.69) is 0 Å². The van der Waals surface area contributed by atoms with E-state index >= 15 is 0 Å². The molecule has 0 aliphatic carbocycles. The lowest BCUT2D eigenvalue weighted by Gasteiger charge is -2.18. The van der Waals surface area contributed by atoms with Crippen molar-refractivity contribution >= 4 is 11.8 Å². The summed E-state index contributed by atoms with van der Waals surface area (Å²) in [4.78, 5) is 23.2. The molecule has 0 aliphatic heterocycles. The number of hydrogen-bond donors (Lipinski definition) is 2. The van der Waals surface area contributed by atoms with Gasteiger partial charge >= 0.3 is 0 Å². The zero-order chi connectivity index (χ0) is 14.7. The Morgan fingerprint density at radius 3 is 1.80 bits per heavy atom. The maximum Gasteiger partial charge on any atom is 0.249 e. The molecule has 0 aromatic heterocycles. The Bertz CT molecular complexity index is 619. The van der Waals surface area contributed by atoms with Gasteiger partial charge in [-0.15, -0.1) is 0 Å². The van der Waals surface area contributed by atoms with Crippen LogP contribution in [-0.4, -0.2) is 11.8 Å². The summed E-state index contributed by atoms with van der Waals surface area (Å²) in [5.41, 5.74) is 13.1. The lowest BCUT2D eigenvalue weighted by molar-refractivity contribution is 0.0999. The van der Waals surface area contributed by atoms with Gasteiger partial charge in [-0.25, -0.2) is 0 Å². The SMILES string of the molecule is C[C@H](c1ccccc1)c1c(C(N)=O)cccc1C(N)=O.